The maximum absolute atomic E-state index is 12.0. The SMILES string of the molecule is COC(=O)[C@@H]1COC([C@@H]2CCCN2NC(=O)OCc2ccccc2)=N1. The van der Waals surface area contributed by atoms with E-state index in [2.05, 4.69) is 15.2 Å². The zero-order chi connectivity index (χ0) is 17.6. The number of hydrogen-bond acceptors (Lipinski definition) is 7. The van der Waals surface area contributed by atoms with Crippen LogP contribution >= 0.6 is 0 Å². The van der Waals surface area contributed by atoms with E-state index in [1.807, 2.05) is 30.3 Å². The quantitative estimate of drug-likeness (QED) is 0.807. The summed E-state index contributed by atoms with van der Waals surface area (Å²) in [6, 6.07) is 8.63. The third-order valence-electron chi connectivity index (χ3n) is 4.13. The third kappa shape index (κ3) is 4.27. The van der Waals surface area contributed by atoms with Gasteiger partial charge in [0.15, 0.2) is 6.04 Å². The Hall–Kier alpha value is -2.61. The zero-order valence-corrected chi connectivity index (χ0v) is 14.0. The molecule has 2 aliphatic heterocycles. The zero-order valence-electron chi connectivity index (χ0n) is 14.0. The Morgan fingerprint density at radius 1 is 1.36 bits per heavy atom. The van der Waals surface area contributed by atoms with Crippen molar-refractivity contribution in [2.24, 2.45) is 4.99 Å². The minimum absolute atomic E-state index is 0.171. The molecule has 1 saturated heterocycles. The largest absolute Gasteiger partial charge is 0.477 e. The lowest BCUT2D eigenvalue weighted by Gasteiger charge is -2.23. The van der Waals surface area contributed by atoms with Crippen molar-refractivity contribution in [2.45, 2.75) is 31.5 Å². The number of methoxy groups -OCH3 is 1. The first-order valence-corrected chi connectivity index (χ1v) is 8.19. The molecule has 8 heteroatoms. The molecule has 8 nitrogen and oxygen atoms in total. The Labute approximate surface area is 145 Å². The van der Waals surface area contributed by atoms with Crippen LogP contribution in [0, 0.1) is 0 Å². The number of carbonyl (C=O) groups is 2. The van der Waals surface area contributed by atoms with Crippen molar-refractivity contribution >= 4 is 18.0 Å². The van der Waals surface area contributed by atoms with E-state index in [-0.39, 0.29) is 19.3 Å². The Kier molecular flexibility index (Phi) is 5.49. The summed E-state index contributed by atoms with van der Waals surface area (Å²) in [4.78, 5) is 27.8. The van der Waals surface area contributed by atoms with Gasteiger partial charge < -0.3 is 14.2 Å². The summed E-state index contributed by atoms with van der Waals surface area (Å²) in [5, 5.41) is 1.74. The van der Waals surface area contributed by atoms with Crippen molar-refractivity contribution in [3.8, 4) is 0 Å². The molecule has 3 rings (SSSR count). The number of aliphatic imine (C=N–C) groups is 1. The molecule has 1 amide bonds. The standard InChI is InChI=1S/C17H21N3O5/c1-23-16(21)13-11-24-15(18-13)14-8-5-9-20(14)19-17(22)25-10-12-6-3-2-4-7-12/h2-4,6-7,13-14H,5,8-11H2,1H3,(H,19,22)/t13-,14-/m0/s1. The van der Waals surface area contributed by atoms with Crippen molar-refractivity contribution in [3.05, 3.63) is 35.9 Å². The van der Waals surface area contributed by atoms with E-state index in [1.165, 1.54) is 7.11 Å². The van der Waals surface area contributed by atoms with Gasteiger partial charge in [-0.3, -0.25) is 5.43 Å². The number of carbonyl (C=O) groups excluding carboxylic acids is 2. The van der Waals surface area contributed by atoms with E-state index >= 15 is 0 Å². The second-order valence-electron chi connectivity index (χ2n) is 5.84. The molecule has 1 fully saturated rings. The predicted octanol–water partition coefficient (Wildman–Crippen LogP) is 1.26. The van der Waals surface area contributed by atoms with E-state index in [1.54, 1.807) is 5.01 Å². The van der Waals surface area contributed by atoms with Gasteiger partial charge in [0.05, 0.1) is 7.11 Å². The molecular formula is C17H21N3O5. The van der Waals surface area contributed by atoms with Crippen LogP contribution in [0.4, 0.5) is 4.79 Å². The summed E-state index contributed by atoms with van der Waals surface area (Å²) in [5.74, 6) is 0.0334. The second kappa shape index (κ2) is 7.98. The highest BCUT2D eigenvalue weighted by Crippen LogP contribution is 2.21. The van der Waals surface area contributed by atoms with Crippen LogP contribution in [0.15, 0.2) is 35.3 Å². The molecule has 0 unspecified atom stereocenters. The summed E-state index contributed by atoms with van der Waals surface area (Å²) in [6.45, 7) is 1.04. The van der Waals surface area contributed by atoms with Crippen LogP contribution in [0.25, 0.3) is 0 Å². The molecule has 1 N–H and O–H groups in total. The minimum Gasteiger partial charge on any atom is -0.477 e. The van der Waals surface area contributed by atoms with Crippen LogP contribution in [0.5, 0.6) is 0 Å². The summed E-state index contributed by atoms with van der Waals surface area (Å²) in [5.41, 5.74) is 3.65. The lowest BCUT2D eigenvalue weighted by Crippen LogP contribution is -2.48. The Bertz CT molecular complexity index is 649. The topological polar surface area (TPSA) is 89.5 Å². The van der Waals surface area contributed by atoms with E-state index < -0.39 is 18.1 Å². The van der Waals surface area contributed by atoms with Gasteiger partial charge in [-0.1, -0.05) is 30.3 Å². The molecule has 2 atom stereocenters. The number of hydrogen-bond donors (Lipinski definition) is 1. The maximum atomic E-state index is 12.0. The molecule has 1 aromatic carbocycles. The number of benzene rings is 1. The number of nitrogens with one attached hydrogen (secondary N) is 1. The van der Waals surface area contributed by atoms with Gasteiger partial charge in [0.1, 0.15) is 19.3 Å². The first kappa shape index (κ1) is 17.2. The van der Waals surface area contributed by atoms with Crippen molar-refractivity contribution in [3.63, 3.8) is 0 Å². The molecule has 134 valence electrons. The average molecular weight is 347 g/mol. The summed E-state index contributed by atoms with van der Waals surface area (Å²) in [7, 11) is 1.32. The fourth-order valence-corrected chi connectivity index (χ4v) is 2.86. The second-order valence-corrected chi connectivity index (χ2v) is 5.84. The first-order chi connectivity index (χ1) is 12.2. The van der Waals surface area contributed by atoms with Gasteiger partial charge in [0.2, 0.25) is 5.90 Å². The first-order valence-electron chi connectivity index (χ1n) is 8.19. The van der Waals surface area contributed by atoms with Gasteiger partial charge in [-0.15, -0.1) is 0 Å². The van der Waals surface area contributed by atoms with Crippen LogP contribution in [0.2, 0.25) is 0 Å². The van der Waals surface area contributed by atoms with Gasteiger partial charge in [-0.25, -0.2) is 19.6 Å². The highest BCUT2D eigenvalue weighted by Gasteiger charge is 2.37. The Morgan fingerprint density at radius 3 is 2.92 bits per heavy atom. The molecule has 0 bridgehead atoms. The number of hydrazine groups is 1. The van der Waals surface area contributed by atoms with Crippen LogP contribution in [0.1, 0.15) is 18.4 Å². The van der Waals surface area contributed by atoms with Crippen LogP contribution < -0.4 is 5.43 Å². The lowest BCUT2D eigenvalue weighted by molar-refractivity contribution is -0.142. The number of ether oxygens (including phenoxy) is 3. The molecule has 0 aliphatic carbocycles. The molecule has 0 aromatic heterocycles. The van der Waals surface area contributed by atoms with E-state index in [4.69, 9.17) is 9.47 Å². The Balaban J connectivity index is 1.53. The van der Waals surface area contributed by atoms with Gasteiger partial charge in [0, 0.05) is 6.54 Å². The number of rotatable bonds is 5. The molecule has 25 heavy (non-hydrogen) atoms. The minimum atomic E-state index is -0.632. The number of amides is 1. The van der Waals surface area contributed by atoms with E-state index in [9.17, 15) is 9.59 Å². The van der Waals surface area contributed by atoms with E-state index in [0.717, 1.165) is 18.4 Å². The molecule has 0 saturated carbocycles. The predicted molar refractivity (Wildman–Crippen MR) is 88.7 cm³/mol. The highest BCUT2D eigenvalue weighted by molar-refractivity contribution is 5.89. The fraction of sp³-hybridized carbons (Fsp3) is 0.471. The molecule has 2 aliphatic rings. The summed E-state index contributed by atoms with van der Waals surface area (Å²) >= 11 is 0. The number of esters is 1. The maximum Gasteiger partial charge on any atom is 0.422 e. The van der Waals surface area contributed by atoms with Gasteiger partial charge >= 0.3 is 12.1 Å². The molecule has 0 spiro atoms. The van der Waals surface area contributed by atoms with Crippen molar-refractivity contribution in [1.29, 1.82) is 0 Å². The van der Waals surface area contributed by atoms with Crippen molar-refractivity contribution < 1.29 is 23.8 Å². The highest BCUT2D eigenvalue weighted by atomic mass is 16.6. The molecular weight excluding hydrogens is 326 g/mol. The molecule has 0 radical (unpaired) electrons. The lowest BCUT2D eigenvalue weighted by atomic mass is 10.2. The molecule has 2 heterocycles. The summed E-state index contributed by atoms with van der Waals surface area (Å²) < 4.78 is 15.4. The summed E-state index contributed by atoms with van der Waals surface area (Å²) in [6.07, 6.45) is 1.14. The Morgan fingerprint density at radius 2 is 2.16 bits per heavy atom. The average Bonchev–Trinajstić information content (AvgIpc) is 3.29. The number of nitrogens with zero attached hydrogens (tertiary/aromatic N) is 2. The van der Waals surface area contributed by atoms with Crippen molar-refractivity contribution in [2.75, 3.05) is 20.3 Å². The third-order valence-corrected chi connectivity index (χ3v) is 4.13. The smallest absolute Gasteiger partial charge is 0.422 e. The van der Waals surface area contributed by atoms with E-state index in [0.29, 0.717) is 12.4 Å². The van der Waals surface area contributed by atoms with Gasteiger partial charge in [-0.05, 0) is 18.4 Å². The van der Waals surface area contributed by atoms with Gasteiger partial charge in [0.25, 0.3) is 0 Å². The van der Waals surface area contributed by atoms with Crippen molar-refractivity contribution in [1.82, 2.24) is 10.4 Å². The van der Waals surface area contributed by atoms with Gasteiger partial charge in [-0.2, -0.15) is 0 Å². The van der Waals surface area contributed by atoms with Crippen LogP contribution in [-0.2, 0) is 25.6 Å². The van der Waals surface area contributed by atoms with Crippen LogP contribution in [0.3, 0.4) is 0 Å². The monoisotopic (exact) mass is 347 g/mol. The fourth-order valence-electron chi connectivity index (χ4n) is 2.86. The molecule has 1 aromatic rings. The van der Waals surface area contributed by atoms with Crippen LogP contribution in [-0.4, -0.2) is 55.3 Å². The normalized spacial score (nSPS) is 22.8.